The highest BCUT2D eigenvalue weighted by molar-refractivity contribution is 7.19. The quantitative estimate of drug-likeness (QED) is 0.643. The molecular weight excluding hydrogens is 396 g/mol. The molecule has 2 aliphatic heterocycles. The Balaban J connectivity index is 1.29. The van der Waals surface area contributed by atoms with E-state index in [4.69, 9.17) is 9.72 Å². The first-order valence-electron chi connectivity index (χ1n) is 10.6. The van der Waals surface area contributed by atoms with Crippen molar-refractivity contribution in [2.24, 2.45) is 7.05 Å². The van der Waals surface area contributed by atoms with Crippen molar-refractivity contribution in [3.8, 4) is 27.4 Å². The van der Waals surface area contributed by atoms with Gasteiger partial charge in [0, 0.05) is 43.3 Å². The van der Waals surface area contributed by atoms with E-state index in [9.17, 15) is 0 Å². The van der Waals surface area contributed by atoms with Crippen molar-refractivity contribution in [1.29, 1.82) is 0 Å². The largest absolute Gasteiger partial charge is 0.487 e. The van der Waals surface area contributed by atoms with E-state index in [1.165, 1.54) is 37.1 Å². The molecular formula is C22H26N6OS. The summed E-state index contributed by atoms with van der Waals surface area (Å²) in [4.78, 5) is 12.8. The lowest BCUT2D eigenvalue weighted by Gasteiger charge is -2.41. The molecule has 0 radical (unpaired) electrons. The van der Waals surface area contributed by atoms with Gasteiger partial charge in [0.2, 0.25) is 0 Å². The van der Waals surface area contributed by atoms with Crippen LogP contribution in [0.5, 0.6) is 5.75 Å². The van der Waals surface area contributed by atoms with Crippen molar-refractivity contribution in [2.75, 3.05) is 25.5 Å². The van der Waals surface area contributed by atoms with E-state index < -0.39 is 0 Å². The normalized spacial score (nSPS) is 21.8. The minimum atomic E-state index is 0.459. The Morgan fingerprint density at radius 1 is 1.27 bits per heavy atom. The average molecular weight is 423 g/mol. The summed E-state index contributed by atoms with van der Waals surface area (Å²) in [7, 11) is 6.33. The Labute approximate surface area is 180 Å². The molecule has 0 bridgehead atoms. The Morgan fingerprint density at radius 2 is 2.13 bits per heavy atom. The van der Waals surface area contributed by atoms with Gasteiger partial charge in [0.1, 0.15) is 18.1 Å². The molecule has 1 aliphatic carbocycles. The Kier molecular flexibility index (Phi) is 3.98. The van der Waals surface area contributed by atoms with Crippen LogP contribution in [-0.2, 0) is 13.7 Å². The maximum Gasteiger partial charge on any atom is 0.186 e. The molecule has 156 valence electrons. The lowest BCUT2D eigenvalue weighted by atomic mass is 9.95. The zero-order chi connectivity index (χ0) is 20.5. The number of aryl methyl sites for hydroxylation is 1. The molecule has 30 heavy (non-hydrogen) atoms. The third-order valence-corrected chi connectivity index (χ3v) is 8.29. The Morgan fingerprint density at radius 3 is 2.90 bits per heavy atom. The lowest BCUT2D eigenvalue weighted by molar-refractivity contribution is 0.149. The summed E-state index contributed by atoms with van der Waals surface area (Å²) in [6.45, 7) is 1.70. The second-order valence-corrected chi connectivity index (χ2v) is 9.87. The summed E-state index contributed by atoms with van der Waals surface area (Å²) in [6.07, 6.45) is 6.92. The molecule has 7 nitrogen and oxygen atoms in total. The number of hydrogen-bond donors (Lipinski definition) is 0. The fourth-order valence-corrected chi connectivity index (χ4v) is 6.04. The smallest absolute Gasteiger partial charge is 0.186 e. The van der Waals surface area contributed by atoms with Gasteiger partial charge < -0.3 is 14.5 Å². The van der Waals surface area contributed by atoms with Crippen molar-refractivity contribution < 1.29 is 4.74 Å². The minimum Gasteiger partial charge on any atom is -0.487 e. The van der Waals surface area contributed by atoms with Crippen molar-refractivity contribution in [1.82, 2.24) is 24.9 Å². The van der Waals surface area contributed by atoms with E-state index in [1.807, 2.05) is 7.05 Å². The number of anilines is 1. The van der Waals surface area contributed by atoms with Crippen LogP contribution in [0.2, 0.25) is 0 Å². The second kappa shape index (κ2) is 6.52. The number of nitrogens with zero attached hydrogens (tertiary/aromatic N) is 6. The number of benzene rings is 1. The fraction of sp³-hybridized carbons (Fsp3) is 0.500. The first-order chi connectivity index (χ1) is 14.5. The number of likely N-dealkylation sites (tertiary alicyclic amines) is 1. The standard InChI is InChI=1S/C22H26N6OS/c1-26-9-6-15(11-22(26)7-8-22)27(2)21-24-18-13-29-19-10-14(17-12-23-28(3)25-17)4-5-16(19)20(18)30-21/h4-5,10,12,15H,6-9,11,13H2,1-3H3. The highest BCUT2D eigenvalue weighted by Crippen LogP contribution is 2.50. The van der Waals surface area contributed by atoms with Crippen LogP contribution in [0.25, 0.3) is 21.7 Å². The van der Waals surface area contributed by atoms with E-state index in [0.29, 0.717) is 18.2 Å². The Bertz CT molecular complexity index is 1120. The minimum absolute atomic E-state index is 0.459. The number of piperidine rings is 1. The van der Waals surface area contributed by atoms with Crippen LogP contribution >= 0.6 is 11.3 Å². The lowest BCUT2D eigenvalue weighted by Crippen LogP contribution is -2.49. The molecule has 1 spiro atoms. The highest BCUT2D eigenvalue weighted by Gasteiger charge is 2.50. The molecule has 1 saturated heterocycles. The van der Waals surface area contributed by atoms with Gasteiger partial charge in [0.05, 0.1) is 16.8 Å². The molecule has 2 aromatic heterocycles. The van der Waals surface area contributed by atoms with E-state index in [-0.39, 0.29) is 0 Å². The monoisotopic (exact) mass is 422 g/mol. The van der Waals surface area contributed by atoms with Crippen LogP contribution < -0.4 is 9.64 Å². The van der Waals surface area contributed by atoms with Crippen molar-refractivity contribution in [2.45, 2.75) is 43.9 Å². The molecule has 3 aliphatic rings. The van der Waals surface area contributed by atoms with Crippen LogP contribution in [-0.4, -0.2) is 57.1 Å². The van der Waals surface area contributed by atoms with E-state index >= 15 is 0 Å². The van der Waals surface area contributed by atoms with E-state index in [1.54, 1.807) is 22.3 Å². The zero-order valence-corrected chi connectivity index (χ0v) is 18.4. The molecule has 3 aromatic rings. The van der Waals surface area contributed by atoms with Crippen molar-refractivity contribution in [3.05, 3.63) is 30.1 Å². The second-order valence-electron chi connectivity index (χ2n) is 8.89. The molecule has 1 saturated carbocycles. The van der Waals surface area contributed by atoms with Crippen molar-refractivity contribution in [3.63, 3.8) is 0 Å². The molecule has 6 rings (SSSR count). The molecule has 0 N–H and O–H groups in total. The molecule has 1 atom stereocenters. The molecule has 4 heterocycles. The van der Waals surface area contributed by atoms with Gasteiger partial charge in [0.25, 0.3) is 0 Å². The van der Waals surface area contributed by atoms with Gasteiger partial charge in [-0.3, -0.25) is 0 Å². The van der Waals surface area contributed by atoms with Gasteiger partial charge in [-0.2, -0.15) is 15.0 Å². The number of thiazole rings is 1. The van der Waals surface area contributed by atoms with Crippen LogP contribution in [0, 0.1) is 0 Å². The summed E-state index contributed by atoms with van der Waals surface area (Å²) in [5, 5.41) is 9.69. The van der Waals surface area contributed by atoms with Crippen LogP contribution in [0.3, 0.4) is 0 Å². The molecule has 2 fully saturated rings. The Hall–Kier alpha value is -2.45. The van der Waals surface area contributed by atoms with Gasteiger partial charge in [-0.1, -0.05) is 17.4 Å². The maximum atomic E-state index is 6.08. The van der Waals surface area contributed by atoms with Crippen LogP contribution in [0.1, 0.15) is 31.4 Å². The first kappa shape index (κ1) is 18.3. The average Bonchev–Trinajstić information content (AvgIpc) is 3.18. The maximum absolute atomic E-state index is 6.08. The summed E-state index contributed by atoms with van der Waals surface area (Å²) < 4.78 is 6.08. The number of aromatic nitrogens is 4. The van der Waals surface area contributed by atoms with Gasteiger partial charge >= 0.3 is 0 Å². The summed E-state index contributed by atoms with van der Waals surface area (Å²) in [5.41, 5.74) is 4.52. The van der Waals surface area contributed by atoms with Crippen molar-refractivity contribution >= 4 is 16.5 Å². The molecule has 1 unspecified atom stereocenters. The summed E-state index contributed by atoms with van der Waals surface area (Å²) >= 11 is 1.80. The number of ether oxygens (including phenoxy) is 1. The predicted molar refractivity (Wildman–Crippen MR) is 118 cm³/mol. The molecule has 0 amide bonds. The predicted octanol–water partition coefficient (Wildman–Crippen LogP) is 3.56. The SMILES string of the molecule is CN(c1nc2c(s1)-c1ccc(-c3cnn(C)n3)cc1OC2)C1CCN(C)C2(CC2)C1. The van der Waals surface area contributed by atoms with Crippen LogP contribution in [0.15, 0.2) is 24.4 Å². The highest BCUT2D eigenvalue weighted by atomic mass is 32.1. The van der Waals surface area contributed by atoms with Gasteiger partial charge in [-0.25, -0.2) is 4.98 Å². The first-order valence-corrected chi connectivity index (χ1v) is 11.4. The fourth-order valence-electron chi connectivity index (χ4n) is 4.90. The summed E-state index contributed by atoms with van der Waals surface area (Å²) in [5.74, 6) is 0.903. The topological polar surface area (TPSA) is 59.3 Å². The van der Waals surface area contributed by atoms with Gasteiger partial charge in [-0.15, -0.1) is 0 Å². The van der Waals surface area contributed by atoms with E-state index in [2.05, 4.69) is 52.3 Å². The van der Waals surface area contributed by atoms with Gasteiger partial charge in [0.15, 0.2) is 5.13 Å². The third-order valence-electron chi connectivity index (χ3n) is 7.07. The number of rotatable bonds is 3. The number of hydrogen-bond acceptors (Lipinski definition) is 7. The molecule has 1 aromatic carbocycles. The van der Waals surface area contributed by atoms with E-state index in [0.717, 1.165) is 33.4 Å². The zero-order valence-electron chi connectivity index (χ0n) is 17.6. The molecule has 8 heteroatoms. The van der Waals surface area contributed by atoms with Crippen LogP contribution in [0.4, 0.5) is 5.13 Å². The third kappa shape index (κ3) is 2.85. The van der Waals surface area contributed by atoms with Gasteiger partial charge in [-0.05, 0) is 44.9 Å². The number of fused-ring (bicyclic) bond motifs is 3. The summed E-state index contributed by atoms with van der Waals surface area (Å²) in [6, 6.07) is 6.86.